The van der Waals surface area contributed by atoms with Crippen LogP contribution in [-0.2, 0) is 32.7 Å². The van der Waals surface area contributed by atoms with Crippen molar-refractivity contribution in [3.8, 4) is 0 Å². The minimum atomic E-state index is -4.63. The maximum Gasteiger partial charge on any atom is 0.306 e. The number of rotatable bonds is 54. The Balaban J connectivity index is 3.94. The number of phosphoric acid groups is 1. The third-order valence-corrected chi connectivity index (χ3v) is 13.5. The number of hydrogen-bond acceptors (Lipinski definition) is 8. The Morgan fingerprint density at radius 1 is 0.427 bits per heavy atom. The molecule has 0 aromatic rings. The fourth-order valence-corrected chi connectivity index (χ4v) is 8.64. The van der Waals surface area contributed by atoms with E-state index in [1.165, 1.54) is 89.9 Å². The SMILES string of the molecule is CC/C=C\C/C=C\C/C=C\C/C=C\C/C=C\C/C=C\C/C=C\C/C=C\CCCCCCCCCCCCCCCCCCC(=O)OC(COC(=O)CCCCCCC/C=C\CCC)COP(=O)([O-])OCC[N+](C)(C)C. The van der Waals surface area contributed by atoms with Gasteiger partial charge in [0.15, 0.2) is 6.10 Å². The lowest BCUT2D eigenvalue weighted by Gasteiger charge is -2.28. The molecule has 9 nitrogen and oxygen atoms in total. The Morgan fingerprint density at radius 2 is 0.760 bits per heavy atom. The molecule has 0 N–H and O–H groups in total. The van der Waals surface area contributed by atoms with E-state index in [1.807, 2.05) is 21.1 Å². The lowest BCUT2D eigenvalue weighted by molar-refractivity contribution is -0.870. The second kappa shape index (κ2) is 55.4. The molecule has 0 saturated heterocycles. The highest BCUT2D eigenvalue weighted by Crippen LogP contribution is 2.38. The van der Waals surface area contributed by atoms with Crippen LogP contribution in [0.2, 0.25) is 0 Å². The molecule has 10 heteroatoms. The van der Waals surface area contributed by atoms with Gasteiger partial charge < -0.3 is 27.9 Å². The molecular formula is C65H112NO8P. The van der Waals surface area contributed by atoms with Crippen molar-refractivity contribution in [3.05, 3.63) is 109 Å². The van der Waals surface area contributed by atoms with E-state index in [-0.39, 0.29) is 26.1 Å². The number of carbonyl (C=O) groups excluding carboxylic acids is 2. The van der Waals surface area contributed by atoms with Gasteiger partial charge in [-0.1, -0.05) is 239 Å². The molecule has 0 bridgehead atoms. The van der Waals surface area contributed by atoms with Crippen molar-refractivity contribution >= 4 is 19.8 Å². The number of esters is 2. The monoisotopic (exact) mass is 1070 g/mol. The summed E-state index contributed by atoms with van der Waals surface area (Å²) in [5, 5.41) is 0. The quantitative estimate of drug-likeness (QED) is 0.0195. The summed E-state index contributed by atoms with van der Waals surface area (Å²) in [6.45, 7) is 4.04. The maximum absolute atomic E-state index is 12.8. The largest absolute Gasteiger partial charge is 0.756 e. The van der Waals surface area contributed by atoms with Crippen molar-refractivity contribution < 1.29 is 42.1 Å². The summed E-state index contributed by atoms with van der Waals surface area (Å²) in [7, 11) is 1.16. The number of phosphoric ester groups is 1. The third kappa shape index (κ3) is 59.8. The van der Waals surface area contributed by atoms with Gasteiger partial charge in [0.2, 0.25) is 0 Å². The summed E-state index contributed by atoms with van der Waals surface area (Å²) >= 11 is 0. The summed E-state index contributed by atoms with van der Waals surface area (Å²) in [6, 6.07) is 0. The van der Waals surface area contributed by atoms with Crippen molar-refractivity contribution in [3.63, 3.8) is 0 Å². The fraction of sp³-hybridized carbons (Fsp3) is 0.692. The zero-order valence-electron chi connectivity index (χ0n) is 48.7. The molecule has 0 radical (unpaired) electrons. The van der Waals surface area contributed by atoms with Gasteiger partial charge in [0.1, 0.15) is 19.8 Å². The lowest BCUT2D eigenvalue weighted by atomic mass is 10.0. The van der Waals surface area contributed by atoms with Gasteiger partial charge in [-0.25, -0.2) is 0 Å². The topological polar surface area (TPSA) is 111 Å². The predicted molar refractivity (Wildman–Crippen MR) is 318 cm³/mol. The molecule has 0 aliphatic carbocycles. The fourth-order valence-electron chi connectivity index (χ4n) is 7.91. The van der Waals surface area contributed by atoms with E-state index in [2.05, 4.69) is 123 Å². The van der Waals surface area contributed by atoms with Crippen LogP contribution in [-0.4, -0.2) is 70.0 Å². The van der Waals surface area contributed by atoms with Crippen LogP contribution in [0.4, 0.5) is 0 Å². The Bertz CT molecular complexity index is 1630. The minimum Gasteiger partial charge on any atom is -0.756 e. The molecule has 430 valence electrons. The van der Waals surface area contributed by atoms with E-state index in [0.717, 1.165) is 116 Å². The Morgan fingerprint density at radius 3 is 1.15 bits per heavy atom. The first-order valence-corrected chi connectivity index (χ1v) is 31.6. The van der Waals surface area contributed by atoms with Crippen molar-refractivity contribution in [2.24, 2.45) is 0 Å². The summed E-state index contributed by atoms with van der Waals surface area (Å²) in [6.07, 6.45) is 77.4. The highest BCUT2D eigenvalue weighted by atomic mass is 31.2. The standard InChI is InChI=1S/C65H112NO8P/c1-6-8-10-12-14-16-18-19-20-21-22-23-24-25-26-27-28-29-30-31-32-33-34-35-36-37-38-39-40-41-42-43-44-45-46-47-48-50-52-54-56-58-65(68)74-63(62-73-75(69,70)72-60-59-66(3,4)5)61-71-64(67)57-55-53-51-49-17-15-13-11-9-7-2/h8,10-11,13-14,16,19-20,22-23,25-26,28-29,31-32,34-35,63H,6-7,9,12,15,17-18,21,24,27,30,33,36-62H2,1-5H3/b10-8-,13-11-,16-14-,20-19-,23-22-,26-25-,29-28-,32-31-,35-34-. The van der Waals surface area contributed by atoms with Gasteiger partial charge >= 0.3 is 11.9 Å². The van der Waals surface area contributed by atoms with E-state index in [1.54, 1.807) is 0 Å². The number of nitrogens with zero attached hydrogens (tertiary/aromatic N) is 1. The maximum atomic E-state index is 12.8. The molecule has 2 unspecified atom stereocenters. The van der Waals surface area contributed by atoms with Crippen LogP contribution in [0.15, 0.2) is 109 Å². The van der Waals surface area contributed by atoms with Crippen LogP contribution in [0.25, 0.3) is 0 Å². The second-order valence-electron chi connectivity index (χ2n) is 21.0. The average Bonchev–Trinajstić information content (AvgIpc) is 3.37. The van der Waals surface area contributed by atoms with Gasteiger partial charge in [0.25, 0.3) is 7.82 Å². The minimum absolute atomic E-state index is 0.0348. The number of quaternary nitrogens is 1. The normalized spacial score (nSPS) is 14.1. The van der Waals surface area contributed by atoms with E-state index in [9.17, 15) is 19.0 Å². The molecule has 0 saturated carbocycles. The molecule has 0 aromatic heterocycles. The summed E-state index contributed by atoms with van der Waals surface area (Å²) < 4.78 is 34.0. The van der Waals surface area contributed by atoms with Crippen LogP contribution in [0.3, 0.4) is 0 Å². The first kappa shape index (κ1) is 71.7. The number of ether oxygens (including phenoxy) is 2. The molecule has 75 heavy (non-hydrogen) atoms. The van der Waals surface area contributed by atoms with Gasteiger partial charge in [-0.15, -0.1) is 0 Å². The zero-order chi connectivity index (χ0) is 54.9. The van der Waals surface area contributed by atoms with Crippen LogP contribution in [0.1, 0.15) is 239 Å². The Labute approximate surface area is 461 Å². The van der Waals surface area contributed by atoms with Gasteiger partial charge in [0.05, 0.1) is 27.7 Å². The smallest absolute Gasteiger partial charge is 0.306 e. The van der Waals surface area contributed by atoms with Gasteiger partial charge in [-0.3, -0.25) is 14.2 Å². The molecule has 0 fully saturated rings. The molecule has 2 atom stereocenters. The number of hydrogen-bond donors (Lipinski definition) is 0. The van der Waals surface area contributed by atoms with E-state index in [4.69, 9.17) is 18.5 Å². The molecule has 0 spiro atoms. The first-order valence-electron chi connectivity index (χ1n) is 30.1. The predicted octanol–water partition coefficient (Wildman–Crippen LogP) is 18.3. The number of carbonyl (C=O) groups is 2. The van der Waals surface area contributed by atoms with E-state index in [0.29, 0.717) is 17.4 Å². The van der Waals surface area contributed by atoms with Gasteiger partial charge in [0, 0.05) is 12.8 Å². The van der Waals surface area contributed by atoms with Crippen molar-refractivity contribution in [2.45, 2.75) is 245 Å². The summed E-state index contributed by atoms with van der Waals surface area (Å²) in [5.41, 5.74) is 0. The molecule has 0 amide bonds. The van der Waals surface area contributed by atoms with Crippen LogP contribution in [0, 0.1) is 0 Å². The van der Waals surface area contributed by atoms with Crippen LogP contribution >= 0.6 is 7.82 Å². The Hall–Kier alpha value is -3.33. The molecular weight excluding hydrogens is 954 g/mol. The molecule has 0 aliphatic heterocycles. The average molecular weight is 1070 g/mol. The highest BCUT2D eigenvalue weighted by Gasteiger charge is 2.22. The first-order chi connectivity index (χ1) is 36.5. The molecule has 0 aliphatic rings. The van der Waals surface area contributed by atoms with Gasteiger partial charge in [-0.2, -0.15) is 0 Å². The molecule has 0 rings (SSSR count). The number of likely N-dealkylation sites (N-methyl/N-ethyl adjacent to an activating group) is 1. The number of unbranched alkanes of at least 4 members (excludes halogenated alkanes) is 22. The lowest BCUT2D eigenvalue weighted by Crippen LogP contribution is -2.37. The van der Waals surface area contributed by atoms with E-state index < -0.39 is 32.5 Å². The second-order valence-corrected chi connectivity index (χ2v) is 22.4. The summed E-state index contributed by atoms with van der Waals surface area (Å²) in [5.74, 6) is -0.847. The third-order valence-electron chi connectivity index (χ3n) is 12.5. The van der Waals surface area contributed by atoms with E-state index >= 15 is 0 Å². The van der Waals surface area contributed by atoms with Gasteiger partial charge in [-0.05, 0) is 96.3 Å². The molecule has 0 aromatic carbocycles. The van der Waals surface area contributed by atoms with Crippen molar-refractivity contribution in [1.82, 2.24) is 0 Å². The Kier molecular flexibility index (Phi) is 53.0. The van der Waals surface area contributed by atoms with Crippen LogP contribution < -0.4 is 4.89 Å². The van der Waals surface area contributed by atoms with Crippen LogP contribution in [0.5, 0.6) is 0 Å². The number of allylic oxidation sites excluding steroid dienone is 18. The highest BCUT2D eigenvalue weighted by molar-refractivity contribution is 7.45. The zero-order valence-corrected chi connectivity index (χ0v) is 49.6. The summed E-state index contributed by atoms with van der Waals surface area (Å²) in [4.78, 5) is 37.7. The van der Waals surface area contributed by atoms with Crippen molar-refractivity contribution in [2.75, 3.05) is 47.5 Å². The van der Waals surface area contributed by atoms with Crippen molar-refractivity contribution in [1.29, 1.82) is 0 Å². The molecule has 0 heterocycles.